The van der Waals surface area contributed by atoms with Crippen molar-refractivity contribution in [2.24, 2.45) is 5.92 Å². The number of nitrogens with zero attached hydrogens (tertiary/aromatic N) is 1. The third-order valence-electron chi connectivity index (χ3n) is 2.59. The van der Waals surface area contributed by atoms with Gasteiger partial charge in [-0.1, -0.05) is 13.8 Å². The van der Waals surface area contributed by atoms with Crippen molar-refractivity contribution < 1.29 is 13.2 Å². The molecule has 0 aromatic rings. The van der Waals surface area contributed by atoms with Gasteiger partial charge in [-0.3, -0.25) is 4.90 Å². The average Bonchev–Trinajstić information content (AvgIpc) is 2.12. The molecule has 0 spiro atoms. The van der Waals surface area contributed by atoms with E-state index in [1.54, 1.807) is 13.8 Å². The second kappa shape index (κ2) is 7.93. The number of hydrogen-bond donors (Lipinski definition) is 1. The van der Waals surface area contributed by atoms with E-state index in [9.17, 15) is 13.2 Å². The number of alkyl halides is 3. The lowest BCUT2D eigenvalue weighted by atomic mass is 10.1. The van der Waals surface area contributed by atoms with Crippen LogP contribution in [0.3, 0.4) is 0 Å². The number of halogens is 3. The molecule has 0 saturated heterocycles. The largest absolute Gasteiger partial charge is 0.401 e. The average molecular weight is 254 g/mol. The Morgan fingerprint density at radius 1 is 1.06 bits per heavy atom. The second-order valence-electron chi connectivity index (χ2n) is 5.11. The monoisotopic (exact) mass is 254 g/mol. The first-order chi connectivity index (χ1) is 7.72. The molecule has 0 fully saturated rings. The topological polar surface area (TPSA) is 15.3 Å². The molecule has 0 heterocycles. The highest BCUT2D eigenvalue weighted by molar-refractivity contribution is 4.68. The molecule has 0 aromatic heterocycles. The zero-order valence-electron chi connectivity index (χ0n) is 11.3. The maximum Gasteiger partial charge on any atom is 0.401 e. The summed E-state index contributed by atoms with van der Waals surface area (Å²) in [6.07, 6.45) is -3.05. The minimum atomic E-state index is -4.11. The Morgan fingerprint density at radius 2 is 1.65 bits per heavy atom. The van der Waals surface area contributed by atoms with Crippen molar-refractivity contribution in [1.82, 2.24) is 10.2 Å². The number of rotatable bonds is 8. The third kappa shape index (κ3) is 10.6. The zero-order valence-corrected chi connectivity index (χ0v) is 11.3. The standard InChI is InChI=1S/C12H25F3N2/c1-10(2)5-6-16-7-8-17(11(3)4)9-12(13,14)15/h10-11,16H,5-9H2,1-4H3. The number of nitrogens with one attached hydrogen (secondary N) is 1. The third-order valence-corrected chi connectivity index (χ3v) is 2.59. The molecule has 0 saturated carbocycles. The van der Waals surface area contributed by atoms with Gasteiger partial charge in [0.25, 0.3) is 0 Å². The van der Waals surface area contributed by atoms with Gasteiger partial charge in [-0.15, -0.1) is 0 Å². The van der Waals surface area contributed by atoms with Crippen LogP contribution in [0.25, 0.3) is 0 Å². The minimum absolute atomic E-state index is 0.0801. The van der Waals surface area contributed by atoms with Crippen molar-refractivity contribution in [1.29, 1.82) is 0 Å². The molecule has 2 nitrogen and oxygen atoms in total. The van der Waals surface area contributed by atoms with Crippen molar-refractivity contribution in [2.75, 3.05) is 26.2 Å². The first-order valence-electron chi connectivity index (χ1n) is 6.24. The molecule has 0 aliphatic carbocycles. The SMILES string of the molecule is CC(C)CCNCCN(CC(F)(F)F)C(C)C. The van der Waals surface area contributed by atoms with E-state index in [0.29, 0.717) is 19.0 Å². The predicted octanol–water partition coefficient (Wildman–Crippen LogP) is 2.89. The lowest BCUT2D eigenvalue weighted by Gasteiger charge is -2.27. The van der Waals surface area contributed by atoms with Gasteiger partial charge in [0.2, 0.25) is 0 Å². The summed E-state index contributed by atoms with van der Waals surface area (Å²) in [5, 5.41) is 3.18. The maximum atomic E-state index is 12.3. The highest BCUT2D eigenvalue weighted by atomic mass is 19.4. The summed E-state index contributed by atoms with van der Waals surface area (Å²) in [6, 6.07) is -0.0801. The first kappa shape index (κ1) is 16.7. The molecule has 0 rings (SSSR count). The van der Waals surface area contributed by atoms with Crippen LogP contribution in [0.5, 0.6) is 0 Å². The quantitative estimate of drug-likeness (QED) is 0.670. The Kier molecular flexibility index (Phi) is 7.79. The molecular weight excluding hydrogens is 229 g/mol. The molecule has 0 radical (unpaired) electrons. The van der Waals surface area contributed by atoms with Gasteiger partial charge in [0.15, 0.2) is 0 Å². The second-order valence-corrected chi connectivity index (χ2v) is 5.11. The van der Waals surface area contributed by atoms with Crippen LogP contribution < -0.4 is 5.32 Å². The molecule has 5 heteroatoms. The van der Waals surface area contributed by atoms with E-state index in [1.165, 1.54) is 4.90 Å². The normalized spacial score (nSPS) is 13.1. The maximum absolute atomic E-state index is 12.3. The van der Waals surface area contributed by atoms with E-state index in [4.69, 9.17) is 0 Å². The zero-order chi connectivity index (χ0) is 13.5. The summed E-state index contributed by atoms with van der Waals surface area (Å²) in [5.41, 5.74) is 0. The Bertz CT molecular complexity index is 191. The fourth-order valence-corrected chi connectivity index (χ4v) is 1.49. The summed E-state index contributed by atoms with van der Waals surface area (Å²) >= 11 is 0. The van der Waals surface area contributed by atoms with E-state index in [2.05, 4.69) is 19.2 Å². The molecular formula is C12H25F3N2. The Morgan fingerprint density at radius 3 is 2.06 bits per heavy atom. The van der Waals surface area contributed by atoms with Gasteiger partial charge in [0.1, 0.15) is 0 Å². The van der Waals surface area contributed by atoms with Gasteiger partial charge < -0.3 is 5.32 Å². The van der Waals surface area contributed by atoms with Gasteiger partial charge >= 0.3 is 6.18 Å². The van der Waals surface area contributed by atoms with Crippen LogP contribution in [-0.2, 0) is 0 Å². The smallest absolute Gasteiger partial charge is 0.315 e. The summed E-state index contributed by atoms with van der Waals surface area (Å²) in [4.78, 5) is 1.45. The van der Waals surface area contributed by atoms with Gasteiger partial charge in [-0.2, -0.15) is 13.2 Å². The van der Waals surface area contributed by atoms with E-state index < -0.39 is 12.7 Å². The molecule has 0 aliphatic rings. The van der Waals surface area contributed by atoms with Crippen molar-refractivity contribution in [2.45, 2.75) is 46.3 Å². The molecule has 104 valence electrons. The van der Waals surface area contributed by atoms with Crippen LogP contribution in [0.2, 0.25) is 0 Å². The van der Waals surface area contributed by atoms with Gasteiger partial charge in [0, 0.05) is 19.1 Å². The van der Waals surface area contributed by atoms with Crippen LogP contribution in [-0.4, -0.2) is 43.3 Å². The summed E-state index contributed by atoms with van der Waals surface area (Å²) in [6.45, 7) is 8.94. The molecule has 1 N–H and O–H groups in total. The Hall–Kier alpha value is -0.290. The molecule has 0 aromatic carbocycles. The van der Waals surface area contributed by atoms with Crippen LogP contribution in [0, 0.1) is 5.92 Å². The lowest BCUT2D eigenvalue weighted by Crippen LogP contribution is -2.42. The van der Waals surface area contributed by atoms with Gasteiger partial charge in [-0.05, 0) is 32.7 Å². The Balaban J connectivity index is 3.79. The number of hydrogen-bond acceptors (Lipinski definition) is 2. The van der Waals surface area contributed by atoms with Crippen LogP contribution in [0.1, 0.15) is 34.1 Å². The fraction of sp³-hybridized carbons (Fsp3) is 1.00. The van der Waals surface area contributed by atoms with E-state index in [1.807, 2.05) is 0 Å². The van der Waals surface area contributed by atoms with Crippen molar-refractivity contribution in [3.63, 3.8) is 0 Å². The van der Waals surface area contributed by atoms with Crippen LogP contribution in [0.15, 0.2) is 0 Å². The van der Waals surface area contributed by atoms with Crippen molar-refractivity contribution >= 4 is 0 Å². The fourth-order valence-electron chi connectivity index (χ4n) is 1.49. The lowest BCUT2D eigenvalue weighted by molar-refractivity contribution is -0.149. The molecule has 0 amide bonds. The van der Waals surface area contributed by atoms with Crippen molar-refractivity contribution in [3.05, 3.63) is 0 Å². The highest BCUT2D eigenvalue weighted by Crippen LogP contribution is 2.17. The van der Waals surface area contributed by atoms with E-state index >= 15 is 0 Å². The molecule has 0 aliphatic heterocycles. The summed E-state index contributed by atoms with van der Waals surface area (Å²) in [7, 11) is 0. The summed E-state index contributed by atoms with van der Waals surface area (Å²) in [5.74, 6) is 0.624. The van der Waals surface area contributed by atoms with E-state index in [-0.39, 0.29) is 6.04 Å². The molecule has 0 atom stereocenters. The highest BCUT2D eigenvalue weighted by Gasteiger charge is 2.31. The van der Waals surface area contributed by atoms with Gasteiger partial charge in [-0.25, -0.2) is 0 Å². The summed E-state index contributed by atoms with van der Waals surface area (Å²) < 4.78 is 36.9. The molecule has 0 unspecified atom stereocenters. The molecule has 17 heavy (non-hydrogen) atoms. The van der Waals surface area contributed by atoms with Gasteiger partial charge in [0.05, 0.1) is 6.54 Å². The van der Waals surface area contributed by atoms with Crippen LogP contribution >= 0.6 is 0 Å². The van der Waals surface area contributed by atoms with Crippen LogP contribution in [0.4, 0.5) is 13.2 Å². The molecule has 0 bridgehead atoms. The Labute approximate surface area is 103 Å². The van der Waals surface area contributed by atoms with E-state index in [0.717, 1.165) is 13.0 Å². The first-order valence-corrected chi connectivity index (χ1v) is 6.24. The van der Waals surface area contributed by atoms with Crippen molar-refractivity contribution in [3.8, 4) is 0 Å². The minimum Gasteiger partial charge on any atom is -0.315 e. The predicted molar refractivity (Wildman–Crippen MR) is 65.1 cm³/mol.